The van der Waals surface area contributed by atoms with Crippen molar-refractivity contribution in [3.63, 3.8) is 0 Å². The van der Waals surface area contributed by atoms with Crippen molar-refractivity contribution in [2.75, 3.05) is 6.54 Å². The molecule has 0 fully saturated rings. The molecule has 0 amide bonds. The minimum Gasteiger partial charge on any atom is -0.374 e. The maximum atomic E-state index is 12.5. The average Bonchev–Trinajstić information content (AvgIpc) is 2.72. The van der Waals surface area contributed by atoms with Crippen molar-refractivity contribution in [3.05, 3.63) is 34.5 Å². The highest BCUT2D eigenvalue weighted by Crippen LogP contribution is 2.43. The number of sulfone groups is 1. The zero-order valence-electron chi connectivity index (χ0n) is 10.4. The van der Waals surface area contributed by atoms with E-state index in [2.05, 4.69) is 62.8 Å². The Morgan fingerprint density at radius 2 is 1.95 bits per heavy atom. The average molecular weight is 491 g/mol. The van der Waals surface area contributed by atoms with Gasteiger partial charge in [0.05, 0.1) is 6.54 Å². The zero-order valence-corrected chi connectivity index (χ0v) is 16.0. The van der Waals surface area contributed by atoms with Gasteiger partial charge in [0.1, 0.15) is 0 Å². The molecule has 1 aliphatic heterocycles. The van der Waals surface area contributed by atoms with Crippen LogP contribution in [0.3, 0.4) is 0 Å². The molecule has 1 atom stereocenters. The lowest BCUT2D eigenvalue weighted by Gasteiger charge is -2.25. The molecular formula is C10H11Br3N4O2S. The van der Waals surface area contributed by atoms with Crippen LogP contribution in [0, 0.1) is 13.1 Å². The van der Waals surface area contributed by atoms with Crippen LogP contribution < -0.4 is 5.32 Å². The molecule has 1 unspecified atom stereocenters. The molecule has 1 aliphatic rings. The predicted octanol–water partition coefficient (Wildman–Crippen LogP) is 3.15. The second kappa shape index (κ2) is 6.65. The van der Waals surface area contributed by atoms with E-state index in [4.69, 9.17) is 13.1 Å². The Kier molecular flexibility index (Phi) is 5.90. The normalized spacial score (nSPS) is 19.5. The van der Waals surface area contributed by atoms with Crippen molar-refractivity contribution < 1.29 is 8.42 Å². The molecule has 0 saturated heterocycles. The molecule has 10 heteroatoms. The van der Waals surface area contributed by atoms with Crippen LogP contribution >= 0.6 is 47.8 Å². The lowest BCUT2D eigenvalue weighted by atomic mass is 10.3. The van der Waals surface area contributed by atoms with E-state index in [0.717, 1.165) is 12.8 Å². The first kappa shape index (κ1) is 17.8. The van der Waals surface area contributed by atoms with E-state index in [1.165, 1.54) is 4.90 Å². The van der Waals surface area contributed by atoms with Crippen LogP contribution in [0.2, 0.25) is 0 Å². The second-order valence-corrected chi connectivity index (χ2v) is 14.4. The third-order valence-electron chi connectivity index (χ3n) is 2.61. The van der Waals surface area contributed by atoms with Crippen LogP contribution in [-0.4, -0.2) is 26.8 Å². The Labute approximate surface area is 143 Å². The van der Waals surface area contributed by atoms with Gasteiger partial charge < -0.3 is 9.69 Å². The van der Waals surface area contributed by atoms with E-state index in [0.29, 0.717) is 6.54 Å². The van der Waals surface area contributed by atoms with Crippen LogP contribution in [-0.2, 0) is 9.84 Å². The molecule has 20 heavy (non-hydrogen) atoms. The highest BCUT2D eigenvalue weighted by molar-refractivity contribution is 9.42. The summed E-state index contributed by atoms with van der Waals surface area (Å²) in [7, 11) is -3.81. The molecule has 0 aromatic heterocycles. The Morgan fingerprint density at radius 3 is 2.35 bits per heavy atom. The number of nitrogens with zero attached hydrogens (tertiary/aromatic N) is 3. The van der Waals surface area contributed by atoms with Crippen molar-refractivity contribution in [2.45, 2.75) is 26.7 Å². The molecule has 1 rings (SSSR count). The Balaban J connectivity index is 3.24. The highest BCUT2D eigenvalue weighted by atomic mass is 80.0. The molecule has 0 spiro atoms. The molecule has 110 valence electrons. The van der Waals surface area contributed by atoms with Crippen molar-refractivity contribution in [1.29, 1.82) is 0 Å². The monoisotopic (exact) mass is 488 g/mol. The maximum Gasteiger partial charge on any atom is 0.308 e. The summed E-state index contributed by atoms with van der Waals surface area (Å²) in [5.74, 6) is 0.000188. The van der Waals surface area contributed by atoms with Crippen LogP contribution in [0.1, 0.15) is 19.8 Å². The predicted molar refractivity (Wildman–Crippen MR) is 87.2 cm³/mol. The number of unbranched alkanes of at least 4 members (excludes halogenated alkanes) is 1. The summed E-state index contributed by atoms with van der Waals surface area (Å²) in [4.78, 5) is 7.90. The van der Waals surface area contributed by atoms with Gasteiger partial charge >= 0.3 is 5.50 Å². The minimum absolute atomic E-state index is 0.0403. The second-order valence-electron chi connectivity index (χ2n) is 3.93. The summed E-state index contributed by atoms with van der Waals surface area (Å²) in [5, 5.41) is 2.61. The first-order valence-electron chi connectivity index (χ1n) is 5.53. The van der Waals surface area contributed by atoms with Crippen LogP contribution in [0.4, 0.5) is 0 Å². The van der Waals surface area contributed by atoms with Gasteiger partial charge in [0.15, 0.2) is 0 Å². The van der Waals surface area contributed by atoms with Crippen LogP contribution in [0.5, 0.6) is 0 Å². The van der Waals surface area contributed by atoms with Gasteiger partial charge in [0.25, 0.3) is 9.84 Å². The number of alkyl halides is 3. The van der Waals surface area contributed by atoms with Crippen molar-refractivity contribution in [2.24, 2.45) is 0 Å². The SMILES string of the molecule is [C-]#[N+]C1=C([N+]#[C-])N(CCCC)C(S(=O)(=O)C(Br)(Br)Br)N1. The van der Waals surface area contributed by atoms with Crippen molar-refractivity contribution in [3.8, 4) is 0 Å². The molecule has 0 aromatic rings. The third kappa shape index (κ3) is 3.30. The molecule has 0 radical (unpaired) electrons. The van der Waals surface area contributed by atoms with Crippen LogP contribution in [0.15, 0.2) is 11.6 Å². The lowest BCUT2D eigenvalue weighted by Crippen LogP contribution is -2.48. The molecule has 0 aromatic carbocycles. The van der Waals surface area contributed by atoms with Gasteiger partial charge in [-0.05, 0) is 54.2 Å². The number of rotatable bonds is 4. The number of hydrogen-bond donors (Lipinski definition) is 1. The third-order valence-corrected chi connectivity index (χ3v) is 8.28. The number of hydrogen-bond acceptors (Lipinski definition) is 4. The van der Waals surface area contributed by atoms with Gasteiger partial charge in [-0.3, -0.25) is 10.2 Å². The smallest absolute Gasteiger partial charge is 0.308 e. The van der Waals surface area contributed by atoms with Gasteiger partial charge in [-0.25, -0.2) is 8.42 Å². The van der Waals surface area contributed by atoms with E-state index < -0.39 is 16.8 Å². The topological polar surface area (TPSA) is 58.1 Å². The molecule has 0 saturated carbocycles. The molecule has 0 bridgehead atoms. The van der Waals surface area contributed by atoms with Crippen LogP contribution in [0.25, 0.3) is 9.69 Å². The summed E-state index contributed by atoms with van der Waals surface area (Å²) >= 11 is 8.98. The Hall–Kier alpha value is -0.290. The zero-order chi connectivity index (χ0) is 15.6. The van der Waals surface area contributed by atoms with Gasteiger partial charge in [-0.15, -0.1) is 0 Å². The number of nitrogens with one attached hydrogen (secondary N) is 1. The molecular weight excluding hydrogens is 480 g/mol. The standard InChI is InChI=1S/C10H11Br3N4O2S/c1-4-5-6-17-8(15-3)7(14-2)16-9(17)20(18,19)10(11,12)13/h9,16H,4-6H2,1H3. The molecule has 0 aliphatic carbocycles. The molecule has 1 heterocycles. The summed E-state index contributed by atoms with van der Waals surface area (Å²) in [6, 6.07) is 0. The minimum atomic E-state index is -3.81. The summed E-state index contributed by atoms with van der Waals surface area (Å²) < 4.78 is 23.4. The van der Waals surface area contributed by atoms with E-state index in [1.807, 2.05) is 6.92 Å². The lowest BCUT2D eigenvalue weighted by molar-refractivity contribution is 0.323. The van der Waals surface area contributed by atoms with E-state index in [-0.39, 0.29) is 11.6 Å². The fourth-order valence-corrected chi connectivity index (χ4v) is 4.28. The maximum absolute atomic E-state index is 12.5. The van der Waals surface area contributed by atoms with Crippen molar-refractivity contribution >= 4 is 57.6 Å². The Bertz CT molecular complexity index is 597. The summed E-state index contributed by atoms with van der Waals surface area (Å²) in [5.41, 5.74) is -1.17. The largest absolute Gasteiger partial charge is 0.374 e. The first-order valence-corrected chi connectivity index (χ1v) is 9.45. The fraction of sp³-hybridized carbons (Fsp3) is 0.600. The van der Waals surface area contributed by atoms with Gasteiger partial charge in [-0.1, -0.05) is 26.5 Å². The van der Waals surface area contributed by atoms with Gasteiger partial charge in [-0.2, -0.15) is 0 Å². The molecule has 6 nitrogen and oxygen atoms in total. The highest BCUT2D eigenvalue weighted by Gasteiger charge is 2.53. The fourth-order valence-electron chi connectivity index (χ4n) is 1.63. The first-order chi connectivity index (χ1) is 9.20. The van der Waals surface area contributed by atoms with E-state index >= 15 is 0 Å². The Morgan fingerprint density at radius 1 is 1.35 bits per heavy atom. The van der Waals surface area contributed by atoms with Gasteiger partial charge in [0.2, 0.25) is 13.1 Å². The number of halogens is 3. The summed E-state index contributed by atoms with van der Waals surface area (Å²) in [6.45, 7) is 16.6. The quantitative estimate of drug-likeness (QED) is 0.486. The van der Waals surface area contributed by atoms with E-state index in [1.54, 1.807) is 0 Å². The summed E-state index contributed by atoms with van der Waals surface area (Å²) in [6.07, 6.45) is 1.57. The van der Waals surface area contributed by atoms with Gasteiger partial charge in [0, 0.05) is 0 Å². The van der Waals surface area contributed by atoms with Crippen molar-refractivity contribution in [1.82, 2.24) is 10.2 Å². The molecule has 1 N–H and O–H groups in total. The van der Waals surface area contributed by atoms with E-state index in [9.17, 15) is 8.42 Å².